The highest BCUT2D eigenvalue weighted by molar-refractivity contribution is 5.99. The first kappa shape index (κ1) is 35.5. The number of fused-ring (bicyclic) bond motifs is 4. The Morgan fingerprint density at radius 3 is 1.33 bits per heavy atom. The van der Waals surface area contributed by atoms with Gasteiger partial charge in [0.1, 0.15) is 11.1 Å². The molecule has 0 spiro atoms. The number of carbonyl (C=O) groups is 4. The summed E-state index contributed by atoms with van der Waals surface area (Å²) in [5.74, 6) is -2.91. The summed E-state index contributed by atoms with van der Waals surface area (Å²) >= 11 is 0. The van der Waals surface area contributed by atoms with Gasteiger partial charge in [-0.25, -0.2) is 9.59 Å². The number of hydrogen-bond acceptors (Lipinski definition) is 10. The second kappa shape index (κ2) is 14.7. The molecule has 260 valence electrons. The molecular weight excluding hydrogens is 620 g/mol. The first-order valence-electron chi connectivity index (χ1n) is 16.6. The standard InChI is InChI=1S/2C18H23NO5/c2*1-24-17(23)18(19-16(22)11-5-3-2-4-6-11)13-8-7-12(9-13)15(18)14(21)10-20/h2*2-6,12-15,20-21H,7-10H2,1H3,(H,19,22)/t2*12-,13+,14-,15+,18+/m11/s1. The van der Waals surface area contributed by atoms with Crippen molar-refractivity contribution in [3.63, 3.8) is 0 Å². The molecule has 6 N–H and O–H groups in total. The van der Waals surface area contributed by atoms with Crippen LogP contribution < -0.4 is 10.6 Å². The maximum atomic E-state index is 12.7. The molecule has 2 aromatic carbocycles. The van der Waals surface area contributed by atoms with Gasteiger partial charge >= 0.3 is 11.9 Å². The number of rotatable bonds is 10. The molecule has 4 bridgehead atoms. The van der Waals surface area contributed by atoms with E-state index in [1.165, 1.54) is 14.2 Å². The van der Waals surface area contributed by atoms with E-state index < -0.39 is 60.3 Å². The van der Waals surface area contributed by atoms with E-state index in [1.54, 1.807) is 48.5 Å². The second-order valence-electron chi connectivity index (χ2n) is 13.5. The van der Waals surface area contributed by atoms with Gasteiger partial charge in [0.15, 0.2) is 0 Å². The Labute approximate surface area is 279 Å². The van der Waals surface area contributed by atoms with Crippen LogP contribution in [0.25, 0.3) is 0 Å². The fourth-order valence-corrected chi connectivity index (χ4v) is 9.38. The Hall–Kier alpha value is -3.84. The first-order chi connectivity index (χ1) is 23.1. The molecule has 12 nitrogen and oxygen atoms in total. The molecule has 12 heteroatoms. The van der Waals surface area contributed by atoms with E-state index in [0.717, 1.165) is 38.5 Å². The van der Waals surface area contributed by atoms with Crippen LogP contribution in [0.2, 0.25) is 0 Å². The van der Waals surface area contributed by atoms with Crippen LogP contribution >= 0.6 is 0 Å². The third-order valence-electron chi connectivity index (χ3n) is 11.3. The maximum Gasteiger partial charge on any atom is 0.332 e. The molecule has 4 saturated carbocycles. The van der Waals surface area contributed by atoms with Gasteiger partial charge < -0.3 is 40.5 Å². The van der Waals surface area contributed by atoms with Crippen molar-refractivity contribution in [2.45, 2.75) is 61.8 Å². The van der Waals surface area contributed by atoms with Crippen LogP contribution in [0.15, 0.2) is 60.7 Å². The Balaban J connectivity index is 0.000000188. The normalized spacial score (nSPS) is 32.4. The van der Waals surface area contributed by atoms with Crippen LogP contribution in [-0.2, 0) is 19.1 Å². The molecule has 0 aromatic heterocycles. The number of hydrogen-bond donors (Lipinski definition) is 6. The molecule has 0 unspecified atom stereocenters. The summed E-state index contributed by atoms with van der Waals surface area (Å²) in [7, 11) is 2.57. The quantitative estimate of drug-likeness (QED) is 0.202. The monoisotopic (exact) mass is 666 g/mol. The molecule has 0 heterocycles. The Morgan fingerprint density at radius 2 is 1.02 bits per heavy atom. The topological polar surface area (TPSA) is 192 Å². The van der Waals surface area contributed by atoms with Crippen molar-refractivity contribution in [1.29, 1.82) is 0 Å². The van der Waals surface area contributed by atoms with Gasteiger partial charge in [0, 0.05) is 23.0 Å². The highest BCUT2D eigenvalue weighted by atomic mass is 16.5. The van der Waals surface area contributed by atoms with Crippen molar-refractivity contribution < 1.29 is 49.1 Å². The van der Waals surface area contributed by atoms with E-state index in [1.807, 2.05) is 12.1 Å². The van der Waals surface area contributed by atoms with Crippen molar-refractivity contribution in [3.8, 4) is 0 Å². The Morgan fingerprint density at radius 1 is 0.667 bits per heavy atom. The molecule has 2 amide bonds. The lowest BCUT2D eigenvalue weighted by Gasteiger charge is -2.43. The maximum absolute atomic E-state index is 12.7. The summed E-state index contributed by atoms with van der Waals surface area (Å²) in [6.07, 6.45) is 2.69. The highest BCUT2D eigenvalue weighted by Gasteiger charge is 2.67. The minimum absolute atomic E-state index is 0.0891. The number of nitrogens with one attached hydrogen (secondary N) is 2. The van der Waals surface area contributed by atoms with Gasteiger partial charge in [0.25, 0.3) is 11.8 Å². The number of carbonyl (C=O) groups excluding carboxylic acids is 4. The predicted molar refractivity (Wildman–Crippen MR) is 172 cm³/mol. The Kier molecular flexibility index (Phi) is 10.9. The largest absolute Gasteiger partial charge is 0.467 e. The summed E-state index contributed by atoms with van der Waals surface area (Å²) in [6, 6.07) is 17.3. The van der Waals surface area contributed by atoms with E-state index >= 15 is 0 Å². The number of amides is 2. The summed E-state index contributed by atoms with van der Waals surface area (Å²) in [5.41, 5.74) is -1.68. The smallest absolute Gasteiger partial charge is 0.332 e. The minimum Gasteiger partial charge on any atom is -0.467 e. The van der Waals surface area contributed by atoms with Crippen molar-refractivity contribution in [3.05, 3.63) is 71.8 Å². The highest BCUT2D eigenvalue weighted by Crippen LogP contribution is 2.57. The van der Waals surface area contributed by atoms with Crippen LogP contribution in [0.1, 0.15) is 59.2 Å². The van der Waals surface area contributed by atoms with Gasteiger partial charge in [-0.3, -0.25) is 9.59 Å². The fourth-order valence-electron chi connectivity index (χ4n) is 9.38. The third kappa shape index (κ3) is 6.11. The van der Waals surface area contributed by atoms with E-state index in [2.05, 4.69) is 10.6 Å². The van der Waals surface area contributed by atoms with Gasteiger partial charge in [0.2, 0.25) is 0 Å². The van der Waals surface area contributed by atoms with Crippen molar-refractivity contribution in [2.75, 3.05) is 27.4 Å². The number of aliphatic hydroxyl groups is 4. The third-order valence-corrected chi connectivity index (χ3v) is 11.3. The summed E-state index contributed by atoms with van der Waals surface area (Å²) < 4.78 is 10.0. The number of ether oxygens (including phenoxy) is 2. The minimum atomic E-state index is -1.28. The van der Waals surface area contributed by atoms with Crippen molar-refractivity contribution >= 4 is 23.8 Å². The van der Waals surface area contributed by atoms with Crippen LogP contribution in [-0.4, -0.2) is 94.9 Å². The molecular formula is C36H46N2O10. The molecule has 6 rings (SSSR count). The summed E-state index contributed by atoms with van der Waals surface area (Å²) in [5, 5.41) is 45.3. The average Bonchev–Trinajstić information content (AvgIpc) is 3.93. The molecule has 4 aliphatic carbocycles. The molecule has 10 atom stereocenters. The summed E-state index contributed by atoms with van der Waals surface area (Å²) in [6.45, 7) is -0.901. The average molecular weight is 667 g/mol. The molecule has 0 radical (unpaired) electrons. The first-order valence-corrected chi connectivity index (χ1v) is 16.6. The molecule has 0 saturated heterocycles. The number of methoxy groups -OCH3 is 2. The Bertz CT molecular complexity index is 1350. The van der Waals surface area contributed by atoms with Gasteiger partial charge in [-0.2, -0.15) is 0 Å². The molecule has 2 aromatic rings. The lowest BCUT2D eigenvalue weighted by atomic mass is 9.69. The zero-order chi connectivity index (χ0) is 34.6. The second-order valence-corrected chi connectivity index (χ2v) is 13.5. The lowest BCUT2D eigenvalue weighted by molar-refractivity contribution is -0.158. The number of benzene rings is 2. The van der Waals surface area contributed by atoms with Crippen LogP contribution in [0.5, 0.6) is 0 Å². The van der Waals surface area contributed by atoms with Crippen molar-refractivity contribution in [1.82, 2.24) is 10.6 Å². The van der Waals surface area contributed by atoms with E-state index in [0.29, 0.717) is 11.1 Å². The van der Waals surface area contributed by atoms with Crippen LogP contribution in [0.4, 0.5) is 0 Å². The van der Waals surface area contributed by atoms with E-state index in [-0.39, 0.29) is 35.5 Å². The van der Waals surface area contributed by atoms with Crippen molar-refractivity contribution in [2.24, 2.45) is 35.5 Å². The summed E-state index contributed by atoms with van der Waals surface area (Å²) in [4.78, 5) is 50.8. The van der Waals surface area contributed by atoms with E-state index in [4.69, 9.17) is 9.47 Å². The zero-order valence-corrected chi connectivity index (χ0v) is 27.3. The number of aliphatic hydroxyl groups excluding tert-OH is 4. The lowest BCUT2D eigenvalue weighted by Crippen LogP contribution is -2.65. The SMILES string of the molecule is COC(=O)[C@]1(NC(=O)c2ccccc2)[C@H]2CC[C@H](C2)[C@H]1[C@H](O)CO.COC(=O)[C@]1(NC(=O)c2ccccc2)[C@H]2CC[C@H](C2)[C@H]1[C@H](O)CO. The van der Waals surface area contributed by atoms with Gasteiger partial charge in [-0.1, -0.05) is 36.4 Å². The van der Waals surface area contributed by atoms with Gasteiger partial charge in [-0.15, -0.1) is 0 Å². The van der Waals surface area contributed by atoms with Gasteiger partial charge in [0.05, 0.1) is 39.6 Å². The fraction of sp³-hybridized carbons (Fsp3) is 0.556. The van der Waals surface area contributed by atoms with Crippen LogP contribution in [0, 0.1) is 35.5 Å². The molecule has 48 heavy (non-hydrogen) atoms. The van der Waals surface area contributed by atoms with E-state index in [9.17, 15) is 39.6 Å². The zero-order valence-electron chi connectivity index (χ0n) is 27.3. The predicted octanol–water partition coefficient (Wildman–Crippen LogP) is 1.46. The van der Waals surface area contributed by atoms with Gasteiger partial charge in [-0.05, 0) is 86.5 Å². The van der Waals surface area contributed by atoms with Crippen LogP contribution in [0.3, 0.4) is 0 Å². The molecule has 0 aliphatic heterocycles. The molecule has 4 fully saturated rings. The molecule has 4 aliphatic rings. The number of esters is 2.